The molecule has 2 aliphatic heterocycles. The van der Waals surface area contributed by atoms with Gasteiger partial charge in [0.05, 0.1) is 25.7 Å². The molecular weight excluding hydrogens is 412 g/mol. The molecule has 0 radical (unpaired) electrons. The summed E-state index contributed by atoms with van der Waals surface area (Å²) in [6.07, 6.45) is 1.95. The summed E-state index contributed by atoms with van der Waals surface area (Å²) in [4.78, 5) is 28.8. The molecule has 0 aromatic carbocycles. The summed E-state index contributed by atoms with van der Waals surface area (Å²) < 4.78 is 26.0. The molecule has 2 fully saturated rings. The number of aromatic nitrogens is 3. The summed E-state index contributed by atoms with van der Waals surface area (Å²) in [6.45, 7) is 2.79. The molecule has 0 bridgehead atoms. The number of hydrogen-bond acceptors (Lipinski definition) is 8. The second-order valence-corrected chi connectivity index (χ2v) is 8.52. The third-order valence-electron chi connectivity index (χ3n) is 5.13. The van der Waals surface area contributed by atoms with Crippen molar-refractivity contribution in [1.82, 2.24) is 24.8 Å². The molecule has 2 aliphatic rings. The van der Waals surface area contributed by atoms with Crippen molar-refractivity contribution in [2.24, 2.45) is 0 Å². The second kappa shape index (κ2) is 8.20. The predicted molar refractivity (Wildman–Crippen MR) is 107 cm³/mol. The number of likely N-dealkylation sites (tertiary alicyclic amines) is 2. The van der Waals surface area contributed by atoms with E-state index in [4.69, 9.17) is 5.26 Å². The molecule has 1 unspecified atom stereocenters. The molecule has 1 N–H and O–H groups in total. The van der Waals surface area contributed by atoms with E-state index in [0.29, 0.717) is 17.5 Å². The number of carbonyl (C=O) groups is 1. The Balaban J connectivity index is 1.45. The molecular formula is C19H21F2N7OS. The lowest BCUT2D eigenvalue weighted by Crippen LogP contribution is -2.58. The third-order valence-corrected chi connectivity index (χ3v) is 5.88. The van der Waals surface area contributed by atoms with Gasteiger partial charge in [0.2, 0.25) is 0 Å². The van der Waals surface area contributed by atoms with E-state index in [1.54, 1.807) is 11.4 Å². The molecule has 0 aliphatic carbocycles. The molecule has 0 saturated carbocycles. The van der Waals surface area contributed by atoms with Gasteiger partial charge in [-0.2, -0.15) is 5.26 Å². The SMILES string of the molecule is Cc1cc(Nc2nc(C(=O)N3CC(F)(F)C3)cs2)nc(C2CCCN(CC#N)C2)n1. The Morgan fingerprint density at radius 2 is 2.20 bits per heavy atom. The minimum atomic E-state index is -2.80. The number of nitrogens with one attached hydrogen (secondary N) is 1. The standard InChI is InChI=1S/C19H21F2N7OS/c1-12-7-15(25-16(23-12)13-3-2-5-27(8-13)6-4-22)26-18-24-14(9-30-18)17(29)28-10-19(20,21)11-28/h7,9,13H,2-3,5-6,8,10-11H2,1H3,(H,23,24,25,26). The topological polar surface area (TPSA) is 98.0 Å². The van der Waals surface area contributed by atoms with Crippen LogP contribution in [0.15, 0.2) is 11.4 Å². The number of anilines is 2. The van der Waals surface area contributed by atoms with Crippen LogP contribution in [0.25, 0.3) is 0 Å². The van der Waals surface area contributed by atoms with E-state index in [2.05, 4.69) is 31.2 Å². The van der Waals surface area contributed by atoms with Crippen LogP contribution >= 0.6 is 11.3 Å². The smallest absolute Gasteiger partial charge is 0.282 e. The largest absolute Gasteiger partial charge is 0.325 e. The number of amides is 1. The summed E-state index contributed by atoms with van der Waals surface area (Å²) in [5.74, 6) is -1.86. The first-order valence-electron chi connectivity index (χ1n) is 9.67. The van der Waals surface area contributed by atoms with E-state index in [1.165, 1.54) is 11.3 Å². The molecule has 158 valence electrons. The Morgan fingerprint density at radius 3 is 2.93 bits per heavy atom. The molecule has 30 heavy (non-hydrogen) atoms. The average molecular weight is 433 g/mol. The van der Waals surface area contributed by atoms with Crippen LogP contribution in [0.1, 0.15) is 40.8 Å². The second-order valence-electron chi connectivity index (χ2n) is 7.67. The molecule has 4 rings (SSSR count). The first-order chi connectivity index (χ1) is 14.3. The van der Waals surface area contributed by atoms with Gasteiger partial charge in [-0.1, -0.05) is 0 Å². The van der Waals surface area contributed by atoms with Gasteiger partial charge in [-0.05, 0) is 26.3 Å². The van der Waals surface area contributed by atoms with Gasteiger partial charge in [-0.25, -0.2) is 23.7 Å². The first kappa shape index (κ1) is 20.6. The Kier molecular flexibility index (Phi) is 5.62. The van der Waals surface area contributed by atoms with Crippen molar-refractivity contribution in [3.8, 4) is 6.07 Å². The van der Waals surface area contributed by atoms with Gasteiger partial charge in [-0.15, -0.1) is 11.3 Å². The zero-order valence-electron chi connectivity index (χ0n) is 16.4. The van der Waals surface area contributed by atoms with Gasteiger partial charge in [0.15, 0.2) is 5.13 Å². The van der Waals surface area contributed by atoms with Gasteiger partial charge < -0.3 is 10.2 Å². The average Bonchev–Trinajstić information content (AvgIpc) is 3.14. The Bertz CT molecular complexity index is 982. The molecule has 11 heteroatoms. The summed E-state index contributed by atoms with van der Waals surface area (Å²) in [5, 5.41) is 14.1. The Labute approximate surface area is 176 Å². The first-order valence-corrected chi connectivity index (χ1v) is 10.6. The molecule has 4 heterocycles. The van der Waals surface area contributed by atoms with Gasteiger partial charge in [0, 0.05) is 29.6 Å². The van der Waals surface area contributed by atoms with E-state index < -0.39 is 24.9 Å². The highest BCUT2D eigenvalue weighted by molar-refractivity contribution is 7.14. The zero-order valence-corrected chi connectivity index (χ0v) is 17.3. The van der Waals surface area contributed by atoms with Crippen molar-refractivity contribution >= 4 is 28.2 Å². The van der Waals surface area contributed by atoms with Crippen molar-refractivity contribution in [2.45, 2.75) is 31.6 Å². The van der Waals surface area contributed by atoms with E-state index in [0.717, 1.165) is 42.3 Å². The molecule has 1 atom stereocenters. The predicted octanol–water partition coefficient (Wildman–Crippen LogP) is 2.78. The van der Waals surface area contributed by atoms with Gasteiger partial charge >= 0.3 is 0 Å². The van der Waals surface area contributed by atoms with E-state index in [9.17, 15) is 13.6 Å². The number of nitrogens with zero attached hydrogens (tertiary/aromatic N) is 6. The lowest BCUT2D eigenvalue weighted by Gasteiger charge is -2.38. The fraction of sp³-hybridized carbons (Fsp3) is 0.526. The number of aryl methyl sites for hydroxylation is 1. The van der Waals surface area contributed by atoms with Crippen LogP contribution in [0.2, 0.25) is 0 Å². The van der Waals surface area contributed by atoms with E-state index >= 15 is 0 Å². The van der Waals surface area contributed by atoms with Crippen molar-refractivity contribution in [3.05, 3.63) is 28.7 Å². The number of hydrogen-bond donors (Lipinski definition) is 1. The molecule has 8 nitrogen and oxygen atoms in total. The maximum absolute atomic E-state index is 13.0. The minimum Gasteiger partial charge on any atom is -0.325 e. The monoisotopic (exact) mass is 433 g/mol. The van der Waals surface area contributed by atoms with Crippen molar-refractivity contribution in [1.29, 1.82) is 5.26 Å². The zero-order chi connectivity index (χ0) is 21.3. The number of halogens is 2. The van der Waals surface area contributed by atoms with E-state index in [1.807, 2.05) is 6.92 Å². The van der Waals surface area contributed by atoms with Gasteiger partial charge in [0.25, 0.3) is 11.8 Å². The van der Waals surface area contributed by atoms with Crippen LogP contribution in [0.5, 0.6) is 0 Å². The number of nitriles is 1. The van der Waals surface area contributed by atoms with Crippen LogP contribution in [0.3, 0.4) is 0 Å². The number of alkyl halides is 2. The highest BCUT2D eigenvalue weighted by Crippen LogP contribution is 2.30. The molecule has 2 saturated heterocycles. The highest BCUT2D eigenvalue weighted by Gasteiger charge is 2.46. The van der Waals surface area contributed by atoms with Crippen LogP contribution in [-0.2, 0) is 0 Å². The molecule has 2 aromatic heterocycles. The van der Waals surface area contributed by atoms with Crippen molar-refractivity contribution in [2.75, 3.05) is 38.0 Å². The normalized spacial score (nSPS) is 21.0. The van der Waals surface area contributed by atoms with Crippen molar-refractivity contribution in [3.63, 3.8) is 0 Å². The lowest BCUT2D eigenvalue weighted by atomic mass is 9.97. The minimum absolute atomic E-state index is 0.142. The van der Waals surface area contributed by atoms with Crippen LogP contribution in [-0.4, -0.2) is 69.3 Å². The summed E-state index contributed by atoms with van der Waals surface area (Å²) in [7, 11) is 0. The van der Waals surface area contributed by atoms with Crippen LogP contribution in [0, 0.1) is 18.3 Å². The third kappa shape index (κ3) is 4.55. The quantitative estimate of drug-likeness (QED) is 0.724. The lowest BCUT2D eigenvalue weighted by molar-refractivity contribution is -0.113. The molecule has 0 spiro atoms. The Morgan fingerprint density at radius 1 is 1.40 bits per heavy atom. The number of rotatable bonds is 5. The maximum Gasteiger partial charge on any atom is 0.282 e. The summed E-state index contributed by atoms with van der Waals surface area (Å²) in [5.41, 5.74) is 0.944. The number of piperidine rings is 1. The fourth-order valence-corrected chi connectivity index (χ4v) is 4.40. The van der Waals surface area contributed by atoms with E-state index in [-0.39, 0.29) is 11.6 Å². The molecule has 1 amide bonds. The summed E-state index contributed by atoms with van der Waals surface area (Å²) in [6, 6.07) is 3.98. The fourth-order valence-electron chi connectivity index (χ4n) is 3.70. The summed E-state index contributed by atoms with van der Waals surface area (Å²) >= 11 is 1.22. The van der Waals surface area contributed by atoms with Crippen LogP contribution < -0.4 is 5.32 Å². The van der Waals surface area contributed by atoms with Crippen molar-refractivity contribution < 1.29 is 13.6 Å². The van der Waals surface area contributed by atoms with Crippen LogP contribution in [0.4, 0.5) is 19.7 Å². The Hall–Kier alpha value is -2.71. The van der Waals surface area contributed by atoms with Gasteiger partial charge in [0.1, 0.15) is 17.3 Å². The van der Waals surface area contributed by atoms with Gasteiger partial charge in [-0.3, -0.25) is 9.69 Å². The maximum atomic E-state index is 13.0. The number of carbonyl (C=O) groups excluding carboxylic acids is 1. The number of thiazole rings is 1. The highest BCUT2D eigenvalue weighted by atomic mass is 32.1. The molecule has 2 aromatic rings.